The van der Waals surface area contributed by atoms with Crippen molar-refractivity contribution in [3.8, 4) is 0 Å². The predicted molar refractivity (Wildman–Crippen MR) is 105 cm³/mol. The van der Waals surface area contributed by atoms with E-state index < -0.39 is 27.1 Å². The van der Waals surface area contributed by atoms with Crippen LogP contribution in [-0.4, -0.2) is 26.8 Å². The molecule has 8 heteroatoms. The number of sulfone groups is 1. The number of rotatable bonds is 4. The van der Waals surface area contributed by atoms with Crippen molar-refractivity contribution in [2.24, 2.45) is 16.7 Å². The average Bonchev–Trinajstić information content (AvgIpc) is 3.09. The van der Waals surface area contributed by atoms with Gasteiger partial charge in [-0.2, -0.15) is 0 Å². The highest BCUT2D eigenvalue weighted by Gasteiger charge is 2.63. The standard InChI is InChI=1S/C20H22Cl2O5S/c1-19(2)11-8-9-20(19,3)14(10-11)26-18-16(15(22)17(23)27-18)28(24,25)13-6-4-12(21)5-7-13/h4-7,11,14,18H,8-10H2,1-3H3/t11-,14+,18-,20+/m0/s1. The highest BCUT2D eigenvalue weighted by Crippen LogP contribution is 2.66. The Labute approximate surface area is 174 Å². The Morgan fingerprint density at radius 1 is 1.14 bits per heavy atom. The van der Waals surface area contributed by atoms with Gasteiger partial charge in [0.25, 0.3) is 0 Å². The summed E-state index contributed by atoms with van der Waals surface area (Å²) < 4.78 is 37.7. The summed E-state index contributed by atoms with van der Waals surface area (Å²) in [7, 11) is -4.07. The van der Waals surface area contributed by atoms with Gasteiger partial charge in [-0.1, -0.05) is 44.0 Å². The first-order valence-electron chi connectivity index (χ1n) is 9.25. The molecule has 2 fully saturated rings. The molecular weight excluding hydrogens is 423 g/mol. The predicted octanol–water partition coefficient (Wildman–Crippen LogP) is 4.68. The second-order valence-corrected chi connectivity index (χ2v) is 11.3. The molecule has 152 valence electrons. The Morgan fingerprint density at radius 3 is 2.32 bits per heavy atom. The normalized spacial score (nSPS) is 34.2. The first kappa shape index (κ1) is 20.2. The van der Waals surface area contributed by atoms with Crippen LogP contribution in [0.1, 0.15) is 40.0 Å². The molecule has 2 bridgehead atoms. The van der Waals surface area contributed by atoms with Crippen LogP contribution >= 0.6 is 23.2 Å². The van der Waals surface area contributed by atoms with Gasteiger partial charge in [-0.05, 0) is 60.3 Å². The summed E-state index contributed by atoms with van der Waals surface area (Å²) >= 11 is 11.9. The number of ether oxygens (including phenoxy) is 2. The van der Waals surface area contributed by atoms with Crippen LogP contribution in [0.5, 0.6) is 0 Å². The van der Waals surface area contributed by atoms with E-state index >= 15 is 0 Å². The minimum Gasteiger partial charge on any atom is -0.426 e. The molecule has 3 aliphatic rings. The number of carbonyl (C=O) groups is 1. The molecule has 28 heavy (non-hydrogen) atoms. The Hall–Kier alpha value is -1.08. The summed E-state index contributed by atoms with van der Waals surface area (Å²) in [6, 6.07) is 5.68. The van der Waals surface area contributed by atoms with Crippen molar-refractivity contribution in [2.45, 2.75) is 57.3 Å². The molecule has 2 aliphatic carbocycles. The Balaban J connectivity index is 1.67. The van der Waals surface area contributed by atoms with Crippen molar-refractivity contribution in [3.63, 3.8) is 0 Å². The first-order valence-corrected chi connectivity index (χ1v) is 11.5. The number of benzene rings is 1. The van der Waals surface area contributed by atoms with E-state index in [9.17, 15) is 13.2 Å². The first-order chi connectivity index (χ1) is 13.0. The molecule has 0 aromatic heterocycles. The maximum Gasteiger partial charge on any atom is 0.353 e. The second-order valence-electron chi connectivity index (χ2n) is 8.61. The molecule has 1 heterocycles. The van der Waals surface area contributed by atoms with E-state index in [-0.39, 0.29) is 26.7 Å². The van der Waals surface area contributed by atoms with Gasteiger partial charge in [-0.25, -0.2) is 13.2 Å². The molecule has 0 radical (unpaired) electrons. The third-order valence-corrected chi connectivity index (χ3v) is 9.83. The molecule has 5 nitrogen and oxygen atoms in total. The Kier molecular flexibility index (Phi) is 4.66. The summed E-state index contributed by atoms with van der Waals surface area (Å²) in [6.07, 6.45) is 1.38. The number of hydrogen-bond acceptors (Lipinski definition) is 5. The third-order valence-electron chi connectivity index (χ3n) is 7.24. The van der Waals surface area contributed by atoms with Crippen LogP contribution in [-0.2, 0) is 24.1 Å². The van der Waals surface area contributed by atoms with Gasteiger partial charge in [-0.3, -0.25) is 0 Å². The van der Waals surface area contributed by atoms with Crippen molar-refractivity contribution < 1.29 is 22.7 Å². The topological polar surface area (TPSA) is 69.7 Å². The van der Waals surface area contributed by atoms with Gasteiger partial charge >= 0.3 is 5.97 Å². The largest absolute Gasteiger partial charge is 0.426 e. The van der Waals surface area contributed by atoms with E-state index in [0.717, 1.165) is 19.3 Å². The fourth-order valence-corrected chi connectivity index (χ4v) is 6.96. The van der Waals surface area contributed by atoms with Crippen LogP contribution in [0, 0.1) is 16.7 Å². The number of carbonyl (C=O) groups excluding carboxylic acids is 1. The monoisotopic (exact) mass is 444 g/mol. The molecule has 1 aliphatic heterocycles. The van der Waals surface area contributed by atoms with Crippen LogP contribution in [0.15, 0.2) is 39.1 Å². The lowest BCUT2D eigenvalue weighted by Gasteiger charge is -2.39. The van der Waals surface area contributed by atoms with Crippen molar-refractivity contribution in [3.05, 3.63) is 39.2 Å². The van der Waals surface area contributed by atoms with Crippen molar-refractivity contribution in [1.29, 1.82) is 0 Å². The molecule has 0 N–H and O–H groups in total. The zero-order chi connectivity index (χ0) is 20.5. The van der Waals surface area contributed by atoms with Gasteiger partial charge in [0.1, 0.15) is 9.94 Å². The highest BCUT2D eigenvalue weighted by atomic mass is 35.5. The van der Waals surface area contributed by atoms with Gasteiger partial charge in [0, 0.05) is 5.02 Å². The van der Waals surface area contributed by atoms with E-state index in [2.05, 4.69) is 20.8 Å². The van der Waals surface area contributed by atoms with E-state index in [1.807, 2.05) is 0 Å². The lowest BCUT2D eigenvalue weighted by atomic mass is 9.70. The highest BCUT2D eigenvalue weighted by molar-refractivity contribution is 7.95. The smallest absolute Gasteiger partial charge is 0.353 e. The second kappa shape index (κ2) is 6.46. The molecule has 1 aromatic carbocycles. The summed E-state index contributed by atoms with van der Waals surface area (Å²) in [6.45, 7) is 6.62. The fraction of sp³-hybridized carbons (Fsp3) is 0.550. The average molecular weight is 445 g/mol. The summed E-state index contributed by atoms with van der Waals surface area (Å²) in [5.74, 6) is -0.387. The molecule has 4 atom stereocenters. The molecule has 0 spiro atoms. The fourth-order valence-electron chi connectivity index (χ4n) is 4.97. The van der Waals surface area contributed by atoms with Gasteiger partial charge in [-0.15, -0.1) is 0 Å². The third kappa shape index (κ3) is 2.76. The lowest BCUT2D eigenvalue weighted by molar-refractivity contribution is -0.181. The molecule has 4 rings (SSSR count). The van der Waals surface area contributed by atoms with Crippen LogP contribution in [0.3, 0.4) is 0 Å². The molecular formula is C20H22Cl2O5S. The number of halogens is 2. The maximum atomic E-state index is 13.2. The van der Waals surface area contributed by atoms with Gasteiger partial charge in [0.05, 0.1) is 11.0 Å². The van der Waals surface area contributed by atoms with Gasteiger partial charge in [0.15, 0.2) is 0 Å². The van der Waals surface area contributed by atoms with Crippen LogP contribution in [0.4, 0.5) is 0 Å². The SMILES string of the molecule is CC1(C)[C@H]2CC[C@]1(C)[C@H](O[C@H]1OC(=O)C(Cl)=C1S(=O)(=O)c1ccc(Cl)cc1)C2. The molecule has 2 saturated carbocycles. The summed E-state index contributed by atoms with van der Waals surface area (Å²) in [5.41, 5.74) is -0.0444. The lowest BCUT2D eigenvalue weighted by Crippen LogP contribution is -2.40. The molecule has 0 amide bonds. The van der Waals surface area contributed by atoms with E-state index in [0.29, 0.717) is 10.9 Å². The van der Waals surface area contributed by atoms with Gasteiger partial charge in [0.2, 0.25) is 16.1 Å². The summed E-state index contributed by atoms with van der Waals surface area (Å²) in [4.78, 5) is 11.7. The van der Waals surface area contributed by atoms with Crippen LogP contribution in [0.25, 0.3) is 0 Å². The quantitative estimate of drug-likeness (QED) is 0.630. The van der Waals surface area contributed by atoms with Crippen LogP contribution in [0.2, 0.25) is 5.02 Å². The number of cyclic esters (lactones) is 1. The zero-order valence-electron chi connectivity index (χ0n) is 15.9. The van der Waals surface area contributed by atoms with Crippen LogP contribution < -0.4 is 0 Å². The Morgan fingerprint density at radius 2 is 1.79 bits per heavy atom. The number of fused-ring (bicyclic) bond motifs is 2. The summed E-state index contributed by atoms with van der Waals surface area (Å²) in [5, 5.41) is -0.0461. The number of esters is 1. The van der Waals surface area contributed by atoms with Crippen molar-refractivity contribution in [2.75, 3.05) is 0 Å². The van der Waals surface area contributed by atoms with Crippen molar-refractivity contribution in [1.82, 2.24) is 0 Å². The minimum atomic E-state index is -4.07. The minimum absolute atomic E-state index is 0.0172. The molecule has 0 unspecified atom stereocenters. The number of hydrogen-bond donors (Lipinski definition) is 0. The zero-order valence-corrected chi connectivity index (χ0v) is 18.2. The van der Waals surface area contributed by atoms with Gasteiger partial charge < -0.3 is 9.47 Å². The maximum absolute atomic E-state index is 13.2. The molecule has 0 saturated heterocycles. The van der Waals surface area contributed by atoms with Crippen molar-refractivity contribution >= 4 is 39.0 Å². The van der Waals surface area contributed by atoms with E-state index in [1.165, 1.54) is 24.3 Å². The molecule has 1 aromatic rings. The Bertz CT molecular complexity index is 967. The van der Waals surface area contributed by atoms with E-state index in [4.69, 9.17) is 32.7 Å². The van der Waals surface area contributed by atoms with E-state index in [1.54, 1.807) is 0 Å².